The predicted molar refractivity (Wildman–Crippen MR) is 108 cm³/mol. The summed E-state index contributed by atoms with van der Waals surface area (Å²) in [5.41, 5.74) is 4.82. The van der Waals surface area contributed by atoms with Crippen molar-refractivity contribution in [2.24, 2.45) is 7.05 Å². The van der Waals surface area contributed by atoms with Crippen molar-refractivity contribution < 1.29 is 0 Å². The van der Waals surface area contributed by atoms with Crippen LogP contribution in [-0.4, -0.2) is 4.57 Å². The van der Waals surface area contributed by atoms with Crippen molar-refractivity contribution in [1.29, 1.82) is 0 Å². The highest BCUT2D eigenvalue weighted by Gasteiger charge is 2.11. The van der Waals surface area contributed by atoms with E-state index >= 15 is 0 Å². The molecule has 1 heteroatoms. The summed E-state index contributed by atoms with van der Waals surface area (Å²) in [4.78, 5) is 0. The first-order chi connectivity index (χ1) is 10.7. The van der Waals surface area contributed by atoms with Gasteiger partial charge in [0.1, 0.15) is 0 Å². The van der Waals surface area contributed by atoms with Crippen molar-refractivity contribution in [3.63, 3.8) is 0 Å². The molecule has 126 valence electrons. The fourth-order valence-electron chi connectivity index (χ4n) is 1.82. The van der Waals surface area contributed by atoms with Crippen LogP contribution in [0.4, 0.5) is 0 Å². The summed E-state index contributed by atoms with van der Waals surface area (Å²) in [5, 5.41) is 0. The smallest absolute Gasteiger partial charge is 0.0482 e. The van der Waals surface area contributed by atoms with Crippen molar-refractivity contribution >= 4 is 18.2 Å². The Morgan fingerprint density at radius 3 is 1.73 bits per heavy atom. The maximum Gasteiger partial charge on any atom is 0.0482 e. The molecule has 0 aliphatic rings. The number of nitrogens with zero attached hydrogens (tertiary/aromatic N) is 1. The van der Waals surface area contributed by atoms with Crippen LogP contribution >= 0.6 is 0 Å². The van der Waals surface area contributed by atoms with Gasteiger partial charge in [0, 0.05) is 29.6 Å². The standard InChI is InChI=1S/C15H19N.3C2H6/c1-6-9-11-14-12(4)16(5)15(10-7-2)13(14)8-3;3*1-2/h6-11H,1,3H2,2,4-5H3;3*1-2H3/b10-7-,11-9-;;;. The second-order valence-electron chi connectivity index (χ2n) is 3.66. The van der Waals surface area contributed by atoms with Gasteiger partial charge in [0.25, 0.3) is 0 Å². The molecule has 0 radical (unpaired) electrons. The minimum absolute atomic E-state index is 1.18. The Balaban J connectivity index is -0.000000535. The first-order valence-corrected chi connectivity index (χ1v) is 8.40. The van der Waals surface area contributed by atoms with E-state index < -0.39 is 0 Å². The van der Waals surface area contributed by atoms with Crippen LogP contribution in [0.25, 0.3) is 18.2 Å². The van der Waals surface area contributed by atoms with Crippen molar-refractivity contribution in [1.82, 2.24) is 4.57 Å². The van der Waals surface area contributed by atoms with E-state index in [4.69, 9.17) is 0 Å². The highest BCUT2D eigenvalue weighted by Crippen LogP contribution is 2.25. The monoisotopic (exact) mass is 303 g/mol. The van der Waals surface area contributed by atoms with Gasteiger partial charge in [-0.15, -0.1) is 0 Å². The van der Waals surface area contributed by atoms with E-state index in [0.29, 0.717) is 0 Å². The summed E-state index contributed by atoms with van der Waals surface area (Å²) >= 11 is 0. The minimum atomic E-state index is 1.18. The topological polar surface area (TPSA) is 4.93 Å². The molecule has 1 heterocycles. The fraction of sp³-hybridized carbons (Fsp3) is 0.429. The van der Waals surface area contributed by atoms with Crippen LogP contribution < -0.4 is 0 Å². The Kier molecular flexibility index (Phi) is 19.8. The Bertz CT molecular complexity index is 457. The summed E-state index contributed by atoms with van der Waals surface area (Å²) < 4.78 is 2.18. The molecule has 0 spiro atoms. The van der Waals surface area contributed by atoms with Gasteiger partial charge in [-0.3, -0.25) is 0 Å². The van der Waals surface area contributed by atoms with Crippen LogP contribution in [0.5, 0.6) is 0 Å². The van der Waals surface area contributed by atoms with Crippen LogP contribution in [0.3, 0.4) is 0 Å². The van der Waals surface area contributed by atoms with E-state index in [1.807, 2.05) is 66.7 Å². The predicted octanol–water partition coefficient (Wildman–Crippen LogP) is 7.29. The lowest BCUT2D eigenvalue weighted by Gasteiger charge is -2.00. The van der Waals surface area contributed by atoms with E-state index in [1.165, 1.54) is 22.5 Å². The molecular formula is C21H37N. The molecule has 0 aromatic carbocycles. The quantitative estimate of drug-likeness (QED) is 0.515. The number of aromatic nitrogens is 1. The molecule has 0 aliphatic carbocycles. The number of hydrogen-bond acceptors (Lipinski definition) is 0. The maximum atomic E-state index is 3.89. The minimum Gasteiger partial charge on any atom is -0.347 e. The zero-order valence-corrected chi connectivity index (χ0v) is 16.3. The zero-order valence-electron chi connectivity index (χ0n) is 16.3. The largest absolute Gasteiger partial charge is 0.347 e. The van der Waals surface area contributed by atoms with Crippen molar-refractivity contribution in [3.05, 3.63) is 53.9 Å². The highest BCUT2D eigenvalue weighted by atomic mass is 15.0. The molecule has 0 saturated carbocycles. The van der Waals surface area contributed by atoms with Gasteiger partial charge >= 0.3 is 0 Å². The van der Waals surface area contributed by atoms with E-state index in [2.05, 4.69) is 43.8 Å². The van der Waals surface area contributed by atoms with Crippen LogP contribution in [0.1, 0.15) is 71.0 Å². The molecular weight excluding hydrogens is 266 g/mol. The second kappa shape index (κ2) is 17.3. The summed E-state index contributed by atoms with van der Waals surface area (Å²) in [5.74, 6) is 0. The van der Waals surface area contributed by atoms with Crippen LogP contribution in [0, 0.1) is 6.92 Å². The first kappa shape index (κ1) is 25.2. The third-order valence-electron chi connectivity index (χ3n) is 2.75. The summed E-state index contributed by atoms with van der Waals surface area (Å²) in [6.45, 7) is 23.7. The van der Waals surface area contributed by atoms with Gasteiger partial charge in [0.2, 0.25) is 0 Å². The third-order valence-corrected chi connectivity index (χ3v) is 2.75. The van der Waals surface area contributed by atoms with E-state index in [0.717, 1.165) is 0 Å². The molecule has 1 aromatic heterocycles. The normalized spacial score (nSPS) is 9.14. The van der Waals surface area contributed by atoms with E-state index in [9.17, 15) is 0 Å². The second-order valence-corrected chi connectivity index (χ2v) is 3.66. The van der Waals surface area contributed by atoms with Gasteiger partial charge in [0.15, 0.2) is 0 Å². The number of rotatable bonds is 4. The molecule has 0 N–H and O–H groups in total. The number of hydrogen-bond donors (Lipinski definition) is 0. The Labute approximate surface area is 139 Å². The fourth-order valence-corrected chi connectivity index (χ4v) is 1.82. The van der Waals surface area contributed by atoms with E-state index in [-0.39, 0.29) is 0 Å². The summed E-state index contributed by atoms with van der Waals surface area (Å²) in [6.07, 6.45) is 11.9. The van der Waals surface area contributed by atoms with Crippen LogP contribution in [-0.2, 0) is 7.05 Å². The molecule has 0 amide bonds. The van der Waals surface area contributed by atoms with Crippen LogP contribution in [0.15, 0.2) is 31.4 Å². The van der Waals surface area contributed by atoms with Crippen molar-refractivity contribution in [2.75, 3.05) is 0 Å². The van der Waals surface area contributed by atoms with Crippen molar-refractivity contribution in [2.45, 2.75) is 55.4 Å². The molecule has 22 heavy (non-hydrogen) atoms. The Morgan fingerprint density at radius 1 is 0.864 bits per heavy atom. The molecule has 0 aliphatic heterocycles. The Morgan fingerprint density at radius 2 is 1.36 bits per heavy atom. The Hall–Kier alpha value is -1.76. The molecule has 0 atom stereocenters. The summed E-state index contributed by atoms with van der Waals surface area (Å²) in [7, 11) is 2.07. The maximum absolute atomic E-state index is 3.89. The van der Waals surface area contributed by atoms with Gasteiger partial charge in [0.05, 0.1) is 0 Å². The lowest BCUT2D eigenvalue weighted by Crippen LogP contribution is -1.93. The number of allylic oxidation sites excluding steroid dienone is 3. The van der Waals surface area contributed by atoms with Crippen LogP contribution in [0.2, 0.25) is 0 Å². The van der Waals surface area contributed by atoms with Gasteiger partial charge in [-0.2, -0.15) is 0 Å². The van der Waals surface area contributed by atoms with E-state index in [1.54, 1.807) is 6.08 Å². The third kappa shape index (κ3) is 7.31. The average molecular weight is 304 g/mol. The highest BCUT2D eigenvalue weighted by molar-refractivity contribution is 5.75. The van der Waals surface area contributed by atoms with Gasteiger partial charge < -0.3 is 4.57 Å². The molecule has 0 unspecified atom stereocenters. The molecule has 1 aromatic rings. The average Bonchev–Trinajstić information content (AvgIpc) is 2.82. The van der Waals surface area contributed by atoms with Gasteiger partial charge in [-0.25, -0.2) is 0 Å². The van der Waals surface area contributed by atoms with Gasteiger partial charge in [-0.1, -0.05) is 85.1 Å². The zero-order chi connectivity index (χ0) is 18.1. The molecule has 0 bridgehead atoms. The molecule has 0 saturated heterocycles. The SMILES string of the molecule is C=C/C=C\c1c(C=C)c(/C=C\C)n(C)c1C.CC.CC.CC. The first-order valence-electron chi connectivity index (χ1n) is 8.40. The lowest BCUT2D eigenvalue weighted by molar-refractivity contribution is 0.869. The molecule has 1 nitrogen and oxygen atoms in total. The van der Waals surface area contributed by atoms with Crippen molar-refractivity contribution in [3.8, 4) is 0 Å². The molecule has 0 fully saturated rings. The molecule has 1 rings (SSSR count). The van der Waals surface area contributed by atoms with Gasteiger partial charge in [-0.05, 0) is 19.9 Å². The lowest BCUT2D eigenvalue weighted by atomic mass is 10.1. The summed E-state index contributed by atoms with van der Waals surface area (Å²) in [6, 6.07) is 0.